The van der Waals surface area contributed by atoms with Crippen molar-refractivity contribution in [3.05, 3.63) is 88.0 Å². The smallest absolute Gasteiger partial charge is 0.291 e. The third kappa shape index (κ3) is 2.74. The zero-order chi connectivity index (χ0) is 23.3. The van der Waals surface area contributed by atoms with Gasteiger partial charge in [0, 0.05) is 32.4 Å². The van der Waals surface area contributed by atoms with Gasteiger partial charge in [0.15, 0.2) is 11.0 Å². The molecule has 0 bridgehead atoms. The summed E-state index contributed by atoms with van der Waals surface area (Å²) in [4.78, 5) is 44.4. The van der Waals surface area contributed by atoms with Gasteiger partial charge in [0.2, 0.25) is 5.76 Å². The Balaban J connectivity index is 1.87. The van der Waals surface area contributed by atoms with E-state index < -0.39 is 28.6 Å². The summed E-state index contributed by atoms with van der Waals surface area (Å²) in [6.07, 6.45) is 2.02. The maximum Gasteiger partial charge on any atom is 0.291 e. The molecule has 2 aromatic carbocycles. The van der Waals surface area contributed by atoms with Crippen molar-refractivity contribution in [1.29, 1.82) is 0 Å². The van der Waals surface area contributed by atoms with E-state index in [9.17, 15) is 18.8 Å². The zero-order valence-electron chi connectivity index (χ0n) is 18.0. The first-order chi connectivity index (χ1) is 16.0. The predicted molar refractivity (Wildman–Crippen MR) is 120 cm³/mol. The van der Waals surface area contributed by atoms with Gasteiger partial charge in [-0.25, -0.2) is 4.39 Å². The number of benzene rings is 2. The van der Waals surface area contributed by atoms with E-state index in [-0.39, 0.29) is 35.4 Å². The topological polar surface area (TPSA) is 80.1 Å². The summed E-state index contributed by atoms with van der Waals surface area (Å²) in [7, 11) is 1.55. The lowest BCUT2D eigenvalue weighted by molar-refractivity contribution is -0.126. The van der Waals surface area contributed by atoms with E-state index >= 15 is 0 Å². The lowest BCUT2D eigenvalue weighted by Gasteiger charge is -2.34. The highest BCUT2D eigenvalue weighted by Gasteiger charge is 2.64. The van der Waals surface area contributed by atoms with Gasteiger partial charge in [-0.3, -0.25) is 14.4 Å². The third-order valence-corrected chi connectivity index (χ3v) is 6.24. The molecular formula is C25H21FN2O5. The highest BCUT2D eigenvalue weighted by atomic mass is 19.1. The van der Waals surface area contributed by atoms with Gasteiger partial charge in [0.05, 0.1) is 16.6 Å². The lowest BCUT2D eigenvalue weighted by atomic mass is 9.84. The summed E-state index contributed by atoms with van der Waals surface area (Å²) in [5.74, 6) is -1.82. The Morgan fingerprint density at radius 1 is 1.18 bits per heavy atom. The molecule has 0 N–H and O–H groups in total. The van der Waals surface area contributed by atoms with E-state index in [1.54, 1.807) is 37.5 Å². The lowest BCUT2D eigenvalue weighted by Crippen LogP contribution is -2.53. The normalized spacial score (nSPS) is 19.0. The number of anilines is 1. The molecule has 3 aromatic rings. The largest absolute Gasteiger partial charge is 0.450 e. The van der Waals surface area contributed by atoms with E-state index in [0.717, 1.165) is 12.1 Å². The minimum Gasteiger partial charge on any atom is -0.450 e. The van der Waals surface area contributed by atoms with Crippen LogP contribution in [-0.2, 0) is 15.1 Å². The molecule has 5 rings (SSSR count). The Morgan fingerprint density at radius 3 is 2.73 bits per heavy atom. The summed E-state index contributed by atoms with van der Waals surface area (Å²) < 4.78 is 25.0. The molecule has 0 unspecified atom stereocenters. The van der Waals surface area contributed by atoms with Gasteiger partial charge in [0.1, 0.15) is 11.4 Å². The number of hydrogen-bond donors (Lipinski definition) is 0. The Hall–Kier alpha value is -3.78. The molecule has 2 aliphatic heterocycles. The number of fused-ring (bicyclic) bond motifs is 5. The monoisotopic (exact) mass is 448 g/mol. The van der Waals surface area contributed by atoms with Gasteiger partial charge < -0.3 is 19.0 Å². The number of para-hydroxylation sites is 1. The van der Waals surface area contributed by atoms with Crippen LogP contribution < -0.4 is 10.3 Å². The molecule has 0 saturated heterocycles. The van der Waals surface area contributed by atoms with Crippen LogP contribution in [0.15, 0.2) is 64.3 Å². The van der Waals surface area contributed by atoms with Gasteiger partial charge in [0.25, 0.3) is 11.8 Å². The van der Waals surface area contributed by atoms with Gasteiger partial charge in [-0.2, -0.15) is 0 Å². The number of carbonyl (C=O) groups is 2. The molecule has 1 spiro atoms. The third-order valence-electron chi connectivity index (χ3n) is 6.24. The van der Waals surface area contributed by atoms with Crippen LogP contribution >= 0.6 is 0 Å². The van der Waals surface area contributed by atoms with Crippen molar-refractivity contribution < 1.29 is 23.1 Å². The zero-order valence-corrected chi connectivity index (χ0v) is 18.0. The Morgan fingerprint density at radius 2 is 1.97 bits per heavy atom. The SMILES string of the molecule is C=CCN1C(=O)[C@]2(c3ccccc31)c1c(oc3ccc(F)cc3c1=O)C(=O)N2CCCOC. The number of methoxy groups -OCH3 is 1. The molecular weight excluding hydrogens is 427 g/mol. The molecule has 1 atom stereocenters. The van der Waals surface area contributed by atoms with E-state index in [1.165, 1.54) is 15.9 Å². The molecule has 168 valence electrons. The Bertz CT molecular complexity index is 1380. The fourth-order valence-corrected chi connectivity index (χ4v) is 4.94. The van der Waals surface area contributed by atoms with E-state index in [1.807, 2.05) is 0 Å². The second kappa shape index (κ2) is 7.67. The number of rotatable bonds is 6. The average molecular weight is 448 g/mol. The quantitative estimate of drug-likeness (QED) is 0.427. The van der Waals surface area contributed by atoms with Gasteiger partial charge in [-0.15, -0.1) is 6.58 Å². The van der Waals surface area contributed by atoms with Crippen molar-refractivity contribution in [1.82, 2.24) is 4.90 Å². The highest BCUT2D eigenvalue weighted by molar-refractivity contribution is 6.17. The molecule has 3 heterocycles. The van der Waals surface area contributed by atoms with Crippen molar-refractivity contribution in [3.8, 4) is 0 Å². The number of nitrogens with zero attached hydrogens (tertiary/aromatic N) is 2. The number of ether oxygens (including phenoxy) is 1. The molecule has 2 amide bonds. The minimum absolute atomic E-state index is 0.0212. The number of halogens is 1. The molecule has 0 fully saturated rings. The average Bonchev–Trinajstić information content (AvgIpc) is 3.20. The van der Waals surface area contributed by atoms with Crippen LogP contribution in [0.4, 0.5) is 10.1 Å². The van der Waals surface area contributed by atoms with Crippen LogP contribution in [0.2, 0.25) is 0 Å². The molecule has 0 saturated carbocycles. The highest BCUT2D eigenvalue weighted by Crippen LogP contribution is 2.52. The molecule has 0 radical (unpaired) electrons. The van der Waals surface area contributed by atoms with Crippen LogP contribution in [0.3, 0.4) is 0 Å². The number of carbonyl (C=O) groups excluding carboxylic acids is 2. The molecule has 1 aromatic heterocycles. The second-order valence-electron chi connectivity index (χ2n) is 8.01. The van der Waals surface area contributed by atoms with E-state index in [0.29, 0.717) is 24.3 Å². The first kappa shape index (κ1) is 21.1. The van der Waals surface area contributed by atoms with Crippen molar-refractivity contribution in [2.75, 3.05) is 31.7 Å². The predicted octanol–water partition coefficient (Wildman–Crippen LogP) is 3.20. The summed E-state index contributed by atoms with van der Waals surface area (Å²) in [5.41, 5.74) is -1.21. The maximum absolute atomic E-state index is 14.1. The van der Waals surface area contributed by atoms with Crippen LogP contribution in [0.1, 0.15) is 28.1 Å². The second-order valence-corrected chi connectivity index (χ2v) is 8.01. The van der Waals surface area contributed by atoms with Gasteiger partial charge in [-0.1, -0.05) is 24.3 Å². The summed E-state index contributed by atoms with van der Waals surface area (Å²) in [5, 5.41) is -0.0212. The summed E-state index contributed by atoms with van der Waals surface area (Å²) in [6, 6.07) is 10.6. The van der Waals surface area contributed by atoms with Gasteiger partial charge >= 0.3 is 0 Å². The van der Waals surface area contributed by atoms with Crippen LogP contribution in [-0.4, -0.2) is 43.5 Å². The minimum atomic E-state index is -1.71. The summed E-state index contributed by atoms with van der Waals surface area (Å²) in [6.45, 7) is 4.45. The van der Waals surface area contributed by atoms with Crippen LogP contribution in [0.5, 0.6) is 0 Å². The van der Waals surface area contributed by atoms with Crippen molar-refractivity contribution in [3.63, 3.8) is 0 Å². The van der Waals surface area contributed by atoms with Crippen LogP contribution in [0, 0.1) is 5.82 Å². The molecule has 7 nitrogen and oxygen atoms in total. The van der Waals surface area contributed by atoms with Crippen molar-refractivity contribution >= 4 is 28.5 Å². The molecule has 8 heteroatoms. The molecule has 0 aliphatic carbocycles. The van der Waals surface area contributed by atoms with E-state index in [2.05, 4.69) is 6.58 Å². The number of hydrogen-bond acceptors (Lipinski definition) is 5. The Kier molecular flexibility index (Phi) is 4.90. The Labute approximate surface area is 188 Å². The van der Waals surface area contributed by atoms with Crippen molar-refractivity contribution in [2.45, 2.75) is 12.0 Å². The maximum atomic E-state index is 14.1. The standard InChI is InChI=1S/C25H21FN2O5/c1-3-11-27-18-8-5-4-7-17(18)25(24(27)31)20-21(29)16-14-15(26)9-10-19(16)33-22(20)23(30)28(25)12-6-13-32-2/h3-5,7-10,14H,1,6,11-13H2,2H3/t25-/m0/s1. The van der Waals surface area contributed by atoms with E-state index in [4.69, 9.17) is 9.15 Å². The molecule has 33 heavy (non-hydrogen) atoms. The van der Waals surface area contributed by atoms with Gasteiger partial charge in [-0.05, 0) is 30.7 Å². The van der Waals surface area contributed by atoms with Crippen LogP contribution in [0.25, 0.3) is 11.0 Å². The summed E-state index contributed by atoms with van der Waals surface area (Å²) >= 11 is 0. The molecule has 2 aliphatic rings. The first-order valence-corrected chi connectivity index (χ1v) is 10.6. The van der Waals surface area contributed by atoms with Crippen molar-refractivity contribution in [2.24, 2.45) is 0 Å². The fraction of sp³-hybridized carbons (Fsp3) is 0.240. The number of amides is 2. The fourth-order valence-electron chi connectivity index (χ4n) is 4.94. The first-order valence-electron chi connectivity index (χ1n) is 10.6.